The molecule has 0 amide bonds. The molecule has 0 aliphatic carbocycles. The largest absolute Gasteiger partial charge is 0.569 e. The van der Waals surface area contributed by atoms with Crippen molar-refractivity contribution in [1.29, 1.82) is 0 Å². The number of benzene rings is 2. The van der Waals surface area contributed by atoms with Gasteiger partial charge in [-0.2, -0.15) is 0 Å². The minimum Gasteiger partial charge on any atom is -0.537 e. The first-order valence-electron chi connectivity index (χ1n) is 4.78. The summed E-state index contributed by atoms with van der Waals surface area (Å²) in [5.74, 6) is 0.583. The van der Waals surface area contributed by atoms with Crippen molar-refractivity contribution in [3.63, 3.8) is 0 Å². The molecule has 1 radical (unpaired) electrons. The smallest absolute Gasteiger partial charge is 0.537 e. The molecule has 79 valence electrons. The van der Waals surface area contributed by atoms with Crippen LogP contribution < -0.4 is 4.65 Å². The number of rotatable bonds is 3. The maximum atomic E-state index is 8.56. The van der Waals surface area contributed by atoms with E-state index in [1.807, 2.05) is 42.5 Å². The highest BCUT2D eigenvalue weighted by Crippen LogP contribution is 2.25. The third-order valence-corrected chi connectivity index (χ3v) is 2.42. The topological polar surface area (TPSA) is 29.5 Å². The van der Waals surface area contributed by atoms with E-state index in [1.54, 1.807) is 6.07 Å². The van der Waals surface area contributed by atoms with E-state index in [1.165, 1.54) is 0 Å². The molecule has 16 heavy (non-hydrogen) atoms. The fraction of sp³-hybridized carbons (Fsp3) is 0. The summed E-state index contributed by atoms with van der Waals surface area (Å²) in [7, 11) is 0.664. The molecule has 0 aromatic heterocycles. The van der Waals surface area contributed by atoms with Gasteiger partial charge in [0.05, 0.1) is 0 Å². The minimum absolute atomic E-state index is 0.583. The van der Waals surface area contributed by atoms with Gasteiger partial charge < -0.3 is 9.68 Å². The molecule has 0 bridgehead atoms. The number of halogens is 1. The van der Waals surface area contributed by atoms with Gasteiger partial charge in [-0.3, -0.25) is 0 Å². The molecule has 0 saturated carbocycles. The third kappa shape index (κ3) is 2.57. The predicted molar refractivity (Wildman–Crippen MR) is 65.5 cm³/mol. The predicted octanol–water partition coefficient (Wildman–Crippen LogP) is 2.91. The Hall–Kier alpha value is -1.45. The van der Waals surface area contributed by atoms with Crippen LogP contribution in [0.3, 0.4) is 0 Å². The van der Waals surface area contributed by atoms with Crippen LogP contribution in [0.2, 0.25) is 5.02 Å². The average Bonchev–Trinajstić information content (AvgIpc) is 2.30. The highest BCUT2D eigenvalue weighted by molar-refractivity contribution is 6.30. The van der Waals surface area contributed by atoms with Gasteiger partial charge in [-0.05, 0) is 35.4 Å². The van der Waals surface area contributed by atoms with E-state index in [2.05, 4.69) is 0 Å². The lowest BCUT2D eigenvalue weighted by molar-refractivity contribution is 0.454. The van der Waals surface area contributed by atoms with E-state index >= 15 is 0 Å². The quantitative estimate of drug-likeness (QED) is 0.823. The SMILES string of the molecule is O[B]Oc1cccc(-c2cccc(Cl)c2)c1. The molecule has 0 heterocycles. The van der Waals surface area contributed by atoms with Crippen LogP contribution in [-0.2, 0) is 0 Å². The van der Waals surface area contributed by atoms with E-state index in [0.29, 0.717) is 18.5 Å². The van der Waals surface area contributed by atoms with Crippen LogP contribution in [0.15, 0.2) is 48.5 Å². The molecule has 0 aliphatic heterocycles. The summed E-state index contributed by atoms with van der Waals surface area (Å²) in [4.78, 5) is 0. The van der Waals surface area contributed by atoms with Crippen LogP contribution >= 0.6 is 11.6 Å². The lowest BCUT2D eigenvalue weighted by atomic mass is 10.1. The molecule has 0 atom stereocenters. The van der Waals surface area contributed by atoms with Crippen molar-refractivity contribution in [2.45, 2.75) is 0 Å². The van der Waals surface area contributed by atoms with Gasteiger partial charge in [0.1, 0.15) is 5.75 Å². The molecular formula is C12H9BClO2. The standard InChI is InChI=1S/C12H9BClO2/c14-11-5-1-3-9(7-11)10-4-2-6-12(8-10)16-13-15/h1-8,15H. The van der Waals surface area contributed by atoms with Crippen LogP contribution in [-0.4, -0.2) is 12.7 Å². The van der Waals surface area contributed by atoms with Crippen molar-refractivity contribution in [1.82, 2.24) is 0 Å². The Bertz CT molecular complexity index is 488. The Kier molecular flexibility index (Phi) is 3.49. The molecule has 0 unspecified atom stereocenters. The summed E-state index contributed by atoms with van der Waals surface area (Å²) < 4.78 is 4.90. The summed E-state index contributed by atoms with van der Waals surface area (Å²) in [5, 5.41) is 9.25. The van der Waals surface area contributed by atoms with Gasteiger partial charge in [-0.15, -0.1) is 0 Å². The molecule has 0 aliphatic rings. The van der Waals surface area contributed by atoms with E-state index in [-0.39, 0.29) is 0 Å². The number of hydrogen-bond donors (Lipinski definition) is 1. The van der Waals surface area contributed by atoms with Gasteiger partial charge in [0.25, 0.3) is 0 Å². The van der Waals surface area contributed by atoms with Crippen LogP contribution in [0.5, 0.6) is 5.75 Å². The summed E-state index contributed by atoms with van der Waals surface area (Å²) in [6.45, 7) is 0. The summed E-state index contributed by atoms with van der Waals surface area (Å²) in [6, 6.07) is 15.0. The second kappa shape index (κ2) is 5.06. The Morgan fingerprint density at radius 3 is 2.38 bits per heavy atom. The summed E-state index contributed by atoms with van der Waals surface area (Å²) >= 11 is 5.92. The highest BCUT2D eigenvalue weighted by Gasteiger charge is 2.00. The molecule has 2 aromatic carbocycles. The van der Waals surface area contributed by atoms with Gasteiger partial charge in [0, 0.05) is 5.02 Å². The van der Waals surface area contributed by atoms with E-state index in [0.717, 1.165) is 11.1 Å². The molecular weight excluding hydrogens is 222 g/mol. The van der Waals surface area contributed by atoms with Gasteiger partial charge in [-0.25, -0.2) is 0 Å². The Morgan fingerprint density at radius 2 is 1.69 bits per heavy atom. The lowest BCUT2D eigenvalue weighted by Crippen LogP contribution is -1.99. The van der Waals surface area contributed by atoms with Gasteiger partial charge >= 0.3 is 7.69 Å². The van der Waals surface area contributed by atoms with Crippen molar-refractivity contribution < 1.29 is 9.68 Å². The zero-order valence-electron chi connectivity index (χ0n) is 8.43. The molecule has 0 saturated heterocycles. The van der Waals surface area contributed by atoms with E-state index in [9.17, 15) is 0 Å². The first kappa shape index (κ1) is 11.1. The number of hydrogen-bond acceptors (Lipinski definition) is 2. The minimum atomic E-state index is 0.583. The zero-order valence-corrected chi connectivity index (χ0v) is 9.19. The molecule has 4 heteroatoms. The fourth-order valence-electron chi connectivity index (χ4n) is 1.48. The highest BCUT2D eigenvalue weighted by atomic mass is 35.5. The van der Waals surface area contributed by atoms with Crippen molar-refractivity contribution in [3.05, 3.63) is 53.6 Å². The summed E-state index contributed by atoms with van der Waals surface area (Å²) in [6.07, 6.45) is 0. The van der Waals surface area contributed by atoms with Crippen LogP contribution in [0.25, 0.3) is 11.1 Å². The van der Waals surface area contributed by atoms with E-state index < -0.39 is 0 Å². The molecule has 2 nitrogen and oxygen atoms in total. The summed E-state index contributed by atoms with van der Waals surface area (Å²) in [5.41, 5.74) is 2.00. The van der Waals surface area contributed by atoms with Crippen molar-refractivity contribution >= 4 is 19.3 Å². The van der Waals surface area contributed by atoms with Gasteiger partial charge in [-0.1, -0.05) is 35.9 Å². The first-order chi connectivity index (χ1) is 7.79. The Labute approximate surface area is 99.8 Å². The Morgan fingerprint density at radius 1 is 1.00 bits per heavy atom. The molecule has 2 aromatic rings. The second-order valence-corrected chi connectivity index (χ2v) is 3.70. The van der Waals surface area contributed by atoms with Crippen LogP contribution in [0.1, 0.15) is 0 Å². The van der Waals surface area contributed by atoms with Crippen molar-refractivity contribution in [2.24, 2.45) is 0 Å². The maximum Gasteiger partial charge on any atom is 0.569 e. The zero-order chi connectivity index (χ0) is 11.4. The molecule has 1 N–H and O–H groups in total. The normalized spacial score (nSPS) is 9.88. The fourth-order valence-corrected chi connectivity index (χ4v) is 1.67. The first-order valence-corrected chi connectivity index (χ1v) is 5.16. The average molecular weight is 231 g/mol. The van der Waals surface area contributed by atoms with Crippen molar-refractivity contribution in [2.75, 3.05) is 0 Å². The van der Waals surface area contributed by atoms with Crippen LogP contribution in [0.4, 0.5) is 0 Å². The molecule has 0 spiro atoms. The second-order valence-electron chi connectivity index (χ2n) is 3.26. The van der Waals surface area contributed by atoms with Crippen LogP contribution in [0, 0.1) is 0 Å². The van der Waals surface area contributed by atoms with Gasteiger partial charge in [0.2, 0.25) is 0 Å². The monoisotopic (exact) mass is 231 g/mol. The van der Waals surface area contributed by atoms with Crippen molar-refractivity contribution in [3.8, 4) is 16.9 Å². The molecule has 2 rings (SSSR count). The molecule has 0 fully saturated rings. The third-order valence-electron chi connectivity index (χ3n) is 2.18. The maximum absolute atomic E-state index is 8.56. The van der Waals surface area contributed by atoms with Gasteiger partial charge in [0.15, 0.2) is 0 Å². The lowest BCUT2D eigenvalue weighted by Gasteiger charge is -2.05. The Balaban J connectivity index is 2.36. The van der Waals surface area contributed by atoms with E-state index in [4.69, 9.17) is 21.3 Å².